The second kappa shape index (κ2) is 5.48. The van der Waals surface area contributed by atoms with Crippen molar-refractivity contribution in [1.29, 1.82) is 0 Å². The molecule has 0 saturated carbocycles. The van der Waals surface area contributed by atoms with Gasteiger partial charge in [0.05, 0.1) is 23.8 Å². The lowest BCUT2D eigenvalue weighted by Gasteiger charge is -2.18. The standard InChI is InChI=1S/C13H13NO3S2/c15-12-11(7-9-3-1-5-16-9)19-13(18)14(12)8-10-4-2-6-17-10/h1,3,5,7,10H,2,4,6,8H2/b11-7-/t10-/m1/s1. The highest BCUT2D eigenvalue weighted by Crippen LogP contribution is 2.33. The number of nitrogens with zero attached hydrogens (tertiary/aromatic N) is 1. The minimum Gasteiger partial charge on any atom is -0.465 e. The Hall–Kier alpha value is -1.11. The molecule has 3 rings (SSSR count). The molecular weight excluding hydrogens is 282 g/mol. The maximum Gasteiger partial charge on any atom is 0.266 e. The van der Waals surface area contributed by atoms with Gasteiger partial charge in [0.2, 0.25) is 0 Å². The van der Waals surface area contributed by atoms with Gasteiger partial charge in [0.1, 0.15) is 10.1 Å². The summed E-state index contributed by atoms with van der Waals surface area (Å²) in [7, 11) is 0. The Morgan fingerprint density at radius 1 is 1.58 bits per heavy atom. The molecule has 0 unspecified atom stereocenters. The van der Waals surface area contributed by atoms with Crippen LogP contribution < -0.4 is 0 Å². The molecule has 0 bridgehead atoms. The molecule has 4 nitrogen and oxygen atoms in total. The highest BCUT2D eigenvalue weighted by Gasteiger charge is 2.34. The van der Waals surface area contributed by atoms with Crippen LogP contribution in [0, 0.1) is 0 Å². The topological polar surface area (TPSA) is 42.7 Å². The Kier molecular flexibility index (Phi) is 3.72. The van der Waals surface area contributed by atoms with Gasteiger partial charge in [-0.05, 0) is 25.0 Å². The molecule has 1 amide bonds. The smallest absolute Gasteiger partial charge is 0.266 e. The molecule has 0 N–H and O–H groups in total. The number of hydrogen-bond donors (Lipinski definition) is 0. The molecule has 1 aromatic heterocycles. The van der Waals surface area contributed by atoms with Crippen LogP contribution in [0.25, 0.3) is 6.08 Å². The van der Waals surface area contributed by atoms with Crippen LogP contribution in [-0.2, 0) is 9.53 Å². The third-order valence-corrected chi connectivity index (χ3v) is 4.48. The molecule has 2 saturated heterocycles. The van der Waals surface area contributed by atoms with Gasteiger partial charge >= 0.3 is 0 Å². The molecule has 1 atom stereocenters. The first-order chi connectivity index (χ1) is 9.24. The van der Waals surface area contributed by atoms with Crippen molar-refractivity contribution < 1.29 is 13.9 Å². The molecule has 0 aliphatic carbocycles. The van der Waals surface area contributed by atoms with Gasteiger partial charge < -0.3 is 9.15 Å². The Morgan fingerprint density at radius 3 is 3.16 bits per heavy atom. The van der Waals surface area contributed by atoms with Gasteiger partial charge in [-0.3, -0.25) is 9.69 Å². The number of amides is 1. The Bertz CT molecular complexity index is 518. The minimum absolute atomic E-state index is 0.0538. The first kappa shape index (κ1) is 12.9. The van der Waals surface area contributed by atoms with Gasteiger partial charge in [-0.2, -0.15) is 0 Å². The number of ether oxygens (including phenoxy) is 1. The summed E-state index contributed by atoms with van der Waals surface area (Å²) in [6.45, 7) is 1.34. The van der Waals surface area contributed by atoms with Crippen LogP contribution in [0.4, 0.5) is 0 Å². The van der Waals surface area contributed by atoms with Crippen LogP contribution in [0.1, 0.15) is 18.6 Å². The van der Waals surface area contributed by atoms with Gasteiger partial charge in [-0.1, -0.05) is 24.0 Å². The first-order valence-corrected chi connectivity index (χ1v) is 7.37. The van der Waals surface area contributed by atoms with Gasteiger partial charge in [0.25, 0.3) is 5.91 Å². The van der Waals surface area contributed by atoms with E-state index in [1.54, 1.807) is 23.3 Å². The fourth-order valence-electron chi connectivity index (χ4n) is 2.15. The van der Waals surface area contributed by atoms with E-state index in [0.717, 1.165) is 19.4 Å². The van der Waals surface area contributed by atoms with E-state index < -0.39 is 0 Å². The maximum atomic E-state index is 12.3. The average Bonchev–Trinajstić information content (AvgIpc) is 3.10. The Morgan fingerprint density at radius 2 is 2.47 bits per heavy atom. The van der Waals surface area contributed by atoms with E-state index >= 15 is 0 Å². The molecule has 2 aliphatic rings. The summed E-state index contributed by atoms with van der Waals surface area (Å²) in [5.74, 6) is 0.611. The second-order valence-corrected chi connectivity index (χ2v) is 6.12. The molecule has 0 radical (unpaired) electrons. The summed E-state index contributed by atoms with van der Waals surface area (Å²) < 4.78 is 11.4. The van der Waals surface area contributed by atoms with Crippen LogP contribution in [0.2, 0.25) is 0 Å². The van der Waals surface area contributed by atoms with E-state index in [0.29, 0.717) is 21.5 Å². The fourth-order valence-corrected chi connectivity index (χ4v) is 3.41. The van der Waals surface area contributed by atoms with Crippen molar-refractivity contribution in [2.45, 2.75) is 18.9 Å². The molecule has 100 valence electrons. The van der Waals surface area contributed by atoms with Crippen molar-refractivity contribution in [3.8, 4) is 0 Å². The zero-order chi connectivity index (χ0) is 13.2. The van der Waals surface area contributed by atoms with E-state index in [9.17, 15) is 4.79 Å². The quantitative estimate of drug-likeness (QED) is 0.633. The van der Waals surface area contributed by atoms with Gasteiger partial charge in [0.15, 0.2) is 0 Å². The summed E-state index contributed by atoms with van der Waals surface area (Å²) in [6.07, 6.45) is 5.48. The largest absolute Gasteiger partial charge is 0.465 e. The zero-order valence-electron chi connectivity index (χ0n) is 10.2. The molecule has 6 heteroatoms. The molecule has 2 aliphatic heterocycles. The number of furan rings is 1. The van der Waals surface area contributed by atoms with Crippen LogP contribution in [-0.4, -0.2) is 34.4 Å². The molecule has 0 spiro atoms. The van der Waals surface area contributed by atoms with E-state index in [2.05, 4.69) is 0 Å². The predicted octanol–water partition coefficient (Wildman–Crippen LogP) is 2.66. The van der Waals surface area contributed by atoms with Crippen molar-refractivity contribution in [2.24, 2.45) is 0 Å². The summed E-state index contributed by atoms with van der Waals surface area (Å²) in [6, 6.07) is 3.60. The molecular formula is C13H13NO3S2. The van der Waals surface area contributed by atoms with Crippen molar-refractivity contribution in [2.75, 3.05) is 13.2 Å². The van der Waals surface area contributed by atoms with Crippen LogP contribution >= 0.6 is 24.0 Å². The average molecular weight is 295 g/mol. The van der Waals surface area contributed by atoms with E-state index in [-0.39, 0.29) is 12.0 Å². The van der Waals surface area contributed by atoms with E-state index in [1.165, 1.54) is 11.8 Å². The fraction of sp³-hybridized carbons (Fsp3) is 0.385. The zero-order valence-corrected chi connectivity index (χ0v) is 11.8. The van der Waals surface area contributed by atoms with Crippen LogP contribution in [0.5, 0.6) is 0 Å². The monoisotopic (exact) mass is 295 g/mol. The third-order valence-electron chi connectivity index (χ3n) is 3.10. The van der Waals surface area contributed by atoms with Crippen LogP contribution in [0.15, 0.2) is 27.7 Å². The summed E-state index contributed by atoms with van der Waals surface area (Å²) in [5.41, 5.74) is 0. The third kappa shape index (κ3) is 2.75. The van der Waals surface area contributed by atoms with Gasteiger partial charge in [-0.25, -0.2) is 0 Å². The van der Waals surface area contributed by atoms with Crippen LogP contribution in [0.3, 0.4) is 0 Å². The highest BCUT2D eigenvalue weighted by atomic mass is 32.2. The summed E-state index contributed by atoms with van der Waals surface area (Å²) in [4.78, 5) is 14.5. The minimum atomic E-state index is -0.0538. The first-order valence-electron chi connectivity index (χ1n) is 6.14. The number of carbonyl (C=O) groups excluding carboxylic acids is 1. The lowest BCUT2D eigenvalue weighted by Crippen LogP contribution is -2.35. The van der Waals surface area contributed by atoms with E-state index in [4.69, 9.17) is 21.4 Å². The van der Waals surface area contributed by atoms with Crippen molar-refractivity contribution in [3.05, 3.63) is 29.1 Å². The van der Waals surface area contributed by atoms with Gasteiger partial charge in [0, 0.05) is 12.7 Å². The Balaban J connectivity index is 1.73. The highest BCUT2D eigenvalue weighted by molar-refractivity contribution is 8.26. The normalized spacial score (nSPS) is 25.8. The SMILES string of the molecule is O=C1/C(=C/c2ccco2)SC(=S)N1C[C@H]1CCCO1. The number of hydrogen-bond acceptors (Lipinski definition) is 5. The lowest BCUT2D eigenvalue weighted by atomic mass is 10.2. The molecule has 3 heterocycles. The van der Waals surface area contributed by atoms with E-state index in [1.807, 2.05) is 6.07 Å². The van der Waals surface area contributed by atoms with Crippen molar-refractivity contribution >= 4 is 40.3 Å². The molecule has 1 aromatic rings. The maximum absolute atomic E-state index is 12.3. The predicted molar refractivity (Wildman–Crippen MR) is 77.6 cm³/mol. The number of carbonyl (C=O) groups is 1. The summed E-state index contributed by atoms with van der Waals surface area (Å²) >= 11 is 6.58. The lowest BCUT2D eigenvalue weighted by molar-refractivity contribution is -0.123. The number of rotatable bonds is 3. The molecule has 2 fully saturated rings. The Labute approximate surface area is 120 Å². The van der Waals surface area contributed by atoms with Gasteiger partial charge in [-0.15, -0.1) is 0 Å². The second-order valence-electron chi connectivity index (χ2n) is 4.44. The van der Waals surface area contributed by atoms with Crippen molar-refractivity contribution in [1.82, 2.24) is 4.90 Å². The number of thiocarbonyl (C=S) groups is 1. The van der Waals surface area contributed by atoms with Crippen molar-refractivity contribution in [3.63, 3.8) is 0 Å². The number of thioether (sulfide) groups is 1. The molecule has 19 heavy (non-hydrogen) atoms. The molecule has 0 aromatic carbocycles. The summed E-state index contributed by atoms with van der Waals surface area (Å²) in [5, 5.41) is 0.